The first kappa shape index (κ1) is 13.7. The molecule has 0 spiro atoms. The molecule has 2 rings (SSSR count). The molecule has 0 bridgehead atoms. The number of hydrogen-bond acceptors (Lipinski definition) is 5. The van der Waals surface area contributed by atoms with Gasteiger partial charge in [-0.25, -0.2) is 9.97 Å². The van der Waals surface area contributed by atoms with Crippen molar-refractivity contribution in [3.63, 3.8) is 0 Å². The number of fused-ring (bicyclic) bond motifs is 1. The topological polar surface area (TPSA) is 72.9 Å². The summed E-state index contributed by atoms with van der Waals surface area (Å²) in [4.78, 5) is 11.1. The van der Waals surface area contributed by atoms with Gasteiger partial charge in [-0.15, -0.1) is 0 Å². The summed E-state index contributed by atoms with van der Waals surface area (Å²) in [5.41, 5.74) is 6.74. The Morgan fingerprint density at radius 1 is 1.32 bits per heavy atom. The Morgan fingerprint density at radius 2 is 2.11 bits per heavy atom. The zero-order valence-corrected chi connectivity index (χ0v) is 11.9. The Balaban J connectivity index is 2.10. The number of nitrogen functional groups attached to an aromatic ring is 1. The Morgan fingerprint density at radius 3 is 2.84 bits per heavy atom. The van der Waals surface area contributed by atoms with E-state index in [4.69, 9.17) is 5.73 Å². The number of hydrogen-bond donors (Lipinski definition) is 1. The van der Waals surface area contributed by atoms with Crippen LogP contribution in [0, 0.1) is 0 Å². The third-order valence-electron chi connectivity index (χ3n) is 3.22. The van der Waals surface area contributed by atoms with Gasteiger partial charge in [-0.2, -0.15) is 5.10 Å². The van der Waals surface area contributed by atoms with Crippen LogP contribution in [0.4, 0.5) is 5.82 Å². The summed E-state index contributed by atoms with van der Waals surface area (Å²) in [7, 11) is 3.95. The molecule has 0 saturated carbocycles. The number of nitrogens with zero attached hydrogens (tertiary/aromatic N) is 5. The van der Waals surface area contributed by atoms with E-state index in [-0.39, 0.29) is 0 Å². The van der Waals surface area contributed by atoms with E-state index in [0.717, 1.165) is 29.9 Å². The monoisotopic (exact) mass is 262 g/mol. The van der Waals surface area contributed by atoms with Gasteiger partial charge in [0.15, 0.2) is 5.65 Å². The van der Waals surface area contributed by atoms with Gasteiger partial charge in [-0.3, -0.25) is 9.58 Å². The van der Waals surface area contributed by atoms with Crippen molar-refractivity contribution in [3.05, 3.63) is 12.0 Å². The third-order valence-corrected chi connectivity index (χ3v) is 3.22. The molecular weight excluding hydrogens is 240 g/mol. The molecule has 2 N–H and O–H groups in total. The molecule has 0 aliphatic rings. The smallest absolute Gasteiger partial charge is 0.163 e. The van der Waals surface area contributed by atoms with E-state index in [9.17, 15) is 0 Å². The number of aryl methyl sites for hydroxylation is 1. The quantitative estimate of drug-likeness (QED) is 0.800. The van der Waals surface area contributed by atoms with Crippen LogP contribution < -0.4 is 5.73 Å². The van der Waals surface area contributed by atoms with Crippen LogP contribution >= 0.6 is 0 Å². The highest BCUT2D eigenvalue weighted by Gasteiger charge is 2.10. The van der Waals surface area contributed by atoms with E-state index in [1.165, 1.54) is 19.3 Å². The van der Waals surface area contributed by atoms with Crippen molar-refractivity contribution in [2.24, 2.45) is 7.05 Å². The molecule has 2 heterocycles. The van der Waals surface area contributed by atoms with Gasteiger partial charge in [0.1, 0.15) is 11.6 Å². The highest BCUT2D eigenvalue weighted by molar-refractivity contribution is 5.84. The van der Waals surface area contributed by atoms with E-state index in [0.29, 0.717) is 5.82 Å². The number of anilines is 1. The maximum atomic E-state index is 5.94. The fourth-order valence-electron chi connectivity index (χ4n) is 2.11. The molecule has 0 radical (unpaired) electrons. The zero-order valence-electron chi connectivity index (χ0n) is 11.9. The molecule has 6 heteroatoms. The molecule has 19 heavy (non-hydrogen) atoms. The van der Waals surface area contributed by atoms with Crippen LogP contribution in [0.25, 0.3) is 11.0 Å². The molecule has 0 amide bonds. The van der Waals surface area contributed by atoms with Crippen molar-refractivity contribution in [1.82, 2.24) is 24.6 Å². The van der Waals surface area contributed by atoms with Crippen LogP contribution in [0.15, 0.2) is 6.20 Å². The standard InChI is InChI=1S/C13H22N6/c1-4-5-6-7-18(2)9-11-16-12(14)10-8-15-19(3)13(10)17-11/h8H,4-7,9H2,1-3H3,(H2,14,16,17). The van der Waals surface area contributed by atoms with Gasteiger partial charge in [0, 0.05) is 7.05 Å². The molecule has 0 fully saturated rings. The van der Waals surface area contributed by atoms with Crippen molar-refractivity contribution in [2.45, 2.75) is 32.7 Å². The molecule has 104 valence electrons. The van der Waals surface area contributed by atoms with Gasteiger partial charge in [0.2, 0.25) is 0 Å². The Bertz CT molecular complexity index is 547. The second-order valence-electron chi connectivity index (χ2n) is 4.98. The summed E-state index contributed by atoms with van der Waals surface area (Å²) >= 11 is 0. The summed E-state index contributed by atoms with van der Waals surface area (Å²) in [5.74, 6) is 1.27. The van der Waals surface area contributed by atoms with Crippen molar-refractivity contribution >= 4 is 16.9 Å². The minimum Gasteiger partial charge on any atom is -0.383 e. The minimum atomic E-state index is 0.509. The Kier molecular flexibility index (Phi) is 4.31. The molecule has 2 aromatic heterocycles. The second kappa shape index (κ2) is 5.97. The summed E-state index contributed by atoms with van der Waals surface area (Å²) < 4.78 is 1.73. The van der Waals surface area contributed by atoms with Gasteiger partial charge >= 0.3 is 0 Å². The fourth-order valence-corrected chi connectivity index (χ4v) is 2.11. The predicted molar refractivity (Wildman–Crippen MR) is 76.6 cm³/mol. The molecule has 2 aromatic rings. The molecule has 6 nitrogen and oxygen atoms in total. The van der Waals surface area contributed by atoms with Crippen molar-refractivity contribution in [3.8, 4) is 0 Å². The fraction of sp³-hybridized carbons (Fsp3) is 0.615. The first-order valence-electron chi connectivity index (χ1n) is 6.74. The van der Waals surface area contributed by atoms with Gasteiger partial charge in [-0.05, 0) is 20.0 Å². The van der Waals surface area contributed by atoms with E-state index in [1.807, 2.05) is 7.05 Å². The van der Waals surface area contributed by atoms with Gasteiger partial charge in [0.25, 0.3) is 0 Å². The van der Waals surface area contributed by atoms with Crippen LogP contribution in [0.3, 0.4) is 0 Å². The average Bonchev–Trinajstić information content (AvgIpc) is 2.72. The van der Waals surface area contributed by atoms with Crippen LogP contribution in [0.5, 0.6) is 0 Å². The van der Waals surface area contributed by atoms with Gasteiger partial charge in [0.05, 0.1) is 18.1 Å². The van der Waals surface area contributed by atoms with E-state index in [1.54, 1.807) is 10.9 Å². The first-order valence-corrected chi connectivity index (χ1v) is 6.74. The van der Waals surface area contributed by atoms with Crippen LogP contribution in [-0.4, -0.2) is 38.2 Å². The van der Waals surface area contributed by atoms with E-state index < -0.39 is 0 Å². The highest BCUT2D eigenvalue weighted by atomic mass is 15.3. The number of unbranched alkanes of at least 4 members (excludes halogenated alkanes) is 2. The molecule has 0 saturated heterocycles. The molecule has 0 aromatic carbocycles. The highest BCUT2D eigenvalue weighted by Crippen LogP contribution is 2.16. The van der Waals surface area contributed by atoms with Crippen molar-refractivity contribution < 1.29 is 0 Å². The lowest BCUT2D eigenvalue weighted by atomic mass is 10.2. The SMILES string of the molecule is CCCCCN(C)Cc1nc(N)c2cnn(C)c2n1. The minimum absolute atomic E-state index is 0.509. The summed E-state index contributed by atoms with van der Waals surface area (Å²) in [6.07, 6.45) is 5.40. The van der Waals surface area contributed by atoms with Crippen LogP contribution in [0.2, 0.25) is 0 Å². The number of nitrogens with two attached hydrogens (primary N) is 1. The van der Waals surface area contributed by atoms with E-state index in [2.05, 4.69) is 33.9 Å². The lowest BCUT2D eigenvalue weighted by Gasteiger charge is -2.15. The largest absolute Gasteiger partial charge is 0.383 e. The maximum absolute atomic E-state index is 5.94. The maximum Gasteiger partial charge on any atom is 0.163 e. The Hall–Kier alpha value is -1.69. The molecule has 0 aliphatic carbocycles. The normalized spacial score (nSPS) is 11.6. The van der Waals surface area contributed by atoms with Gasteiger partial charge < -0.3 is 5.73 Å². The summed E-state index contributed by atoms with van der Waals surface area (Å²) in [5, 5.41) is 4.98. The van der Waals surface area contributed by atoms with E-state index >= 15 is 0 Å². The predicted octanol–water partition coefficient (Wildman–Crippen LogP) is 1.57. The third kappa shape index (κ3) is 3.20. The molecular formula is C13H22N6. The molecule has 0 unspecified atom stereocenters. The molecule has 0 atom stereocenters. The molecule has 0 aliphatic heterocycles. The van der Waals surface area contributed by atoms with Crippen molar-refractivity contribution in [2.75, 3.05) is 19.3 Å². The lowest BCUT2D eigenvalue weighted by molar-refractivity contribution is 0.310. The van der Waals surface area contributed by atoms with Gasteiger partial charge in [-0.1, -0.05) is 19.8 Å². The second-order valence-corrected chi connectivity index (χ2v) is 4.98. The van der Waals surface area contributed by atoms with Crippen molar-refractivity contribution in [1.29, 1.82) is 0 Å². The zero-order chi connectivity index (χ0) is 13.8. The summed E-state index contributed by atoms with van der Waals surface area (Å²) in [6, 6.07) is 0. The summed E-state index contributed by atoms with van der Waals surface area (Å²) in [6.45, 7) is 3.98. The van der Waals surface area contributed by atoms with Crippen LogP contribution in [0.1, 0.15) is 32.0 Å². The first-order chi connectivity index (χ1) is 9.11. The Labute approximate surface area is 113 Å². The number of rotatable bonds is 6. The van der Waals surface area contributed by atoms with Crippen LogP contribution in [-0.2, 0) is 13.6 Å². The number of aromatic nitrogens is 4. The average molecular weight is 262 g/mol. The lowest BCUT2D eigenvalue weighted by Crippen LogP contribution is -2.21.